The second kappa shape index (κ2) is 9.25. The van der Waals surface area contributed by atoms with E-state index in [0.29, 0.717) is 0 Å². The van der Waals surface area contributed by atoms with Crippen molar-refractivity contribution in [2.75, 3.05) is 0 Å². The molecule has 0 saturated carbocycles. The van der Waals surface area contributed by atoms with E-state index >= 15 is 0 Å². The third-order valence-corrected chi connectivity index (χ3v) is 5.75. The Hall–Kier alpha value is -3.63. The molecule has 1 aromatic heterocycles. The highest BCUT2D eigenvalue weighted by atomic mass is 35.5. The Morgan fingerprint density at radius 1 is 1.06 bits per heavy atom. The number of aryl methyl sites for hydroxylation is 1. The predicted molar refractivity (Wildman–Crippen MR) is 132 cm³/mol. The number of aromatic nitrogens is 2. The van der Waals surface area contributed by atoms with E-state index < -0.39 is 5.97 Å². The molecule has 0 amide bonds. The summed E-state index contributed by atoms with van der Waals surface area (Å²) in [5.41, 5.74) is 8.62. The number of aliphatic carboxylic acids is 1. The molecule has 4 rings (SSSR count). The molecule has 0 bridgehead atoms. The van der Waals surface area contributed by atoms with E-state index in [9.17, 15) is 4.79 Å². The van der Waals surface area contributed by atoms with Crippen molar-refractivity contribution in [2.24, 2.45) is 0 Å². The summed E-state index contributed by atoms with van der Waals surface area (Å²) in [5, 5.41) is 17.8. The van der Waals surface area contributed by atoms with Crippen molar-refractivity contribution >= 4 is 45.7 Å². The van der Waals surface area contributed by atoms with Crippen LogP contribution < -0.4 is 0 Å². The van der Waals surface area contributed by atoms with Crippen molar-refractivity contribution in [3.05, 3.63) is 106 Å². The topological polar surface area (TPSA) is 66.0 Å². The molecule has 1 heterocycles. The minimum Gasteiger partial charge on any atom is -0.478 e. The van der Waals surface area contributed by atoms with E-state index in [4.69, 9.17) is 16.7 Å². The number of hydrogen-bond acceptors (Lipinski definition) is 2. The van der Waals surface area contributed by atoms with Crippen LogP contribution in [0.2, 0.25) is 5.02 Å². The molecule has 2 N–H and O–H groups in total. The lowest BCUT2D eigenvalue weighted by atomic mass is 9.86. The van der Waals surface area contributed by atoms with Gasteiger partial charge in [-0.3, -0.25) is 5.10 Å². The summed E-state index contributed by atoms with van der Waals surface area (Å²) in [6.45, 7) is 4.23. The van der Waals surface area contributed by atoms with Crippen LogP contribution in [0.5, 0.6) is 0 Å². The van der Waals surface area contributed by atoms with Gasteiger partial charge in [0, 0.05) is 16.5 Å². The number of benzene rings is 3. The van der Waals surface area contributed by atoms with Crippen LogP contribution in [0.15, 0.2) is 72.9 Å². The molecule has 0 saturated heterocycles. The third kappa shape index (κ3) is 4.51. The summed E-state index contributed by atoms with van der Waals surface area (Å²) >= 11 is 6.23. The number of aromatic amines is 1. The van der Waals surface area contributed by atoms with E-state index in [1.54, 1.807) is 6.08 Å². The Morgan fingerprint density at radius 3 is 2.50 bits per heavy atom. The lowest BCUT2D eigenvalue weighted by Crippen LogP contribution is -1.97. The van der Waals surface area contributed by atoms with E-state index in [0.717, 1.165) is 61.8 Å². The Bertz CT molecular complexity index is 1350. The van der Waals surface area contributed by atoms with Crippen LogP contribution in [-0.2, 0) is 4.79 Å². The Labute approximate surface area is 191 Å². The maximum absolute atomic E-state index is 10.8. The maximum atomic E-state index is 10.8. The van der Waals surface area contributed by atoms with E-state index in [1.165, 1.54) is 5.57 Å². The summed E-state index contributed by atoms with van der Waals surface area (Å²) in [7, 11) is 0. The molecule has 0 spiro atoms. The van der Waals surface area contributed by atoms with Crippen LogP contribution in [0.25, 0.3) is 28.1 Å². The first kappa shape index (κ1) is 21.6. The summed E-state index contributed by atoms with van der Waals surface area (Å²) in [5.74, 6) is -0.963. The number of nitrogens with zero attached hydrogens (tertiary/aromatic N) is 1. The fourth-order valence-corrected chi connectivity index (χ4v) is 4.24. The molecule has 0 aliphatic carbocycles. The highest BCUT2D eigenvalue weighted by Crippen LogP contribution is 2.37. The zero-order chi connectivity index (χ0) is 22.7. The smallest absolute Gasteiger partial charge is 0.328 e. The van der Waals surface area contributed by atoms with Crippen LogP contribution in [0.1, 0.15) is 41.2 Å². The second-order valence-electron chi connectivity index (χ2n) is 7.63. The van der Waals surface area contributed by atoms with Crippen LogP contribution in [0.3, 0.4) is 0 Å². The molecular formula is C27H23ClN2O2. The fourth-order valence-electron chi connectivity index (χ4n) is 4.01. The van der Waals surface area contributed by atoms with Crippen molar-refractivity contribution in [3.63, 3.8) is 0 Å². The zero-order valence-electron chi connectivity index (χ0n) is 17.9. The first-order chi connectivity index (χ1) is 15.5. The molecule has 0 unspecified atom stereocenters. The van der Waals surface area contributed by atoms with Crippen LogP contribution >= 0.6 is 11.6 Å². The molecule has 3 aromatic carbocycles. The second-order valence-corrected chi connectivity index (χ2v) is 8.07. The molecule has 4 aromatic rings. The number of hydrogen-bond donors (Lipinski definition) is 2. The van der Waals surface area contributed by atoms with Gasteiger partial charge in [0.2, 0.25) is 0 Å². The van der Waals surface area contributed by atoms with Crippen molar-refractivity contribution in [1.82, 2.24) is 10.2 Å². The molecular weight excluding hydrogens is 420 g/mol. The predicted octanol–water partition coefficient (Wildman–Crippen LogP) is 6.99. The van der Waals surface area contributed by atoms with Crippen LogP contribution in [0.4, 0.5) is 0 Å². The standard InChI is InChI=1S/C27H23ClN2O2/c1-3-23(24-11-10-22(28)14-17(24)2)27(20-9-12-25-21(15-20)16-29-30-25)19-7-4-18(5-8-19)6-13-26(31)32/h4-16H,3H2,1-2H3,(H,29,30)(H,31,32)/b13-6+,27-23+. The average molecular weight is 443 g/mol. The molecule has 0 aliphatic heterocycles. The highest BCUT2D eigenvalue weighted by Gasteiger charge is 2.15. The molecule has 5 heteroatoms. The van der Waals surface area contributed by atoms with Crippen molar-refractivity contribution in [2.45, 2.75) is 20.3 Å². The van der Waals surface area contributed by atoms with Crippen molar-refractivity contribution < 1.29 is 9.90 Å². The lowest BCUT2D eigenvalue weighted by molar-refractivity contribution is -0.131. The Morgan fingerprint density at radius 2 is 1.81 bits per heavy atom. The molecule has 160 valence electrons. The third-order valence-electron chi connectivity index (χ3n) is 5.52. The number of carbonyl (C=O) groups is 1. The summed E-state index contributed by atoms with van der Waals surface area (Å²) < 4.78 is 0. The number of allylic oxidation sites excluding steroid dienone is 1. The molecule has 0 radical (unpaired) electrons. The van der Waals surface area contributed by atoms with Crippen molar-refractivity contribution in [1.29, 1.82) is 0 Å². The van der Waals surface area contributed by atoms with Crippen molar-refractivity contribution in [3.8, 4) is 0 Å². The minimum atomic E-state index is -0.963. The maximum Gasteiger partial charge on any atom is 0.328 e. The zero-order valence-corrected chi connectivity index (χ0v) is 18.6. The number of rotatable bonds is 6. The SMILES string of the molecule is CC/C(=C(/c1ccc(/C=C/C(=O)O)cc1)c1ccc2[nH]ncc2c1)c1ccc(Cl)cc1C. The summed E-state index contributed by atoms with van der Waals surface area (Å²) in [6, 6.07) is 20.2. The number of carboxylic acid groups (broad SMARTS) is 1. The van der Waals surface area contributed by atoms with Crippen LogP contribution in [-0.4, -0.2) is 21.3 Å². The number of H-pyrrole nitrogens is 1. The number of nitrogens with one attached hydrogen (secondary N) is 1. The number of carboxylic acids is 1. The van der Waals surface area contributed by atoms with Gasteiger partial charge < -0.3 is 5.11 Å². The Balaban J connectivity index is 1.93. The number of fused-ring (bicyclic) bond motifs is 1. The lowest BCUT2D eigenvalue weighted by Gasteiger charge is -2.18. The summed E-state index contributed by atoms with van der Waals surface area (Å²) in [4.78, 5) is 10.8. The van der Waals surface area contributed by atoms with E-state index in [-0.39, 0.29) is 0 Å². The average Bonchev–Trinajstić information content (AvgIpc) is 3.25. The largest absolute Gasteiger partial charge is 0.478 e. The van der Waals surface area contributed by atoms with Gasteiger partial charge in [0.05, 0.1) is 11.7 Å². The van der Waals surface area contributed by atoms with Gasteiger partial charge in [-0.2, -0.15) is 5.10 Å². The van der Waals surface area contributed by atoms with Gasteiger partial charge in [0.1, 0.15) is 0 Å². The molecule has 32 heavy (non-hydrogen) atoms. The van der Waals surface area contributed by atoms with Gasteiger partial charge in [0.15, 0.2) is 0 Å². The quantitative estimate of drug-likeness (QED) is 0.250. The molecule has 0 fully saturated rings. The van der Waals surface area contributed by atoms with E-state index in [2.05, 4.69) is 42.2 Å². The minimum absolute atomic E-state index is 0.720. The Kier molecular flexibility index (Phi) is 6.24. The molecule has 0 atom stereocenters. The first-order valence-electron chi connectivity index (χ1n) is 10.4. The summed E-state index contributed by atoms with van der Waals surface area (Å²) in [6.07, 6.45) is 5.40. The van der Waals surface area contributed by atoms with Gasteiger partial charge in [0.25, 0.3) is 0 Å². The molecule has 4 nitrogen and oxygen atoms in total. The van der Waals surface area contributed by atoms with Gasteiger partial charge in [-0.25, -0.2) is 4.79 Å². The van der Waals surface area contributed by atoms with Gasteiger partial charge in [-0.05, 0) is 82.6 Å². The monoisotopic (exact) mass is 442 g/mol. The van der Waals surface area contributed by atoms with Gasteiger partial charge >= 0.3 is 5.97 Å². The first-order valence-corrected chi connectivity index (χ1v) is 10.8. The van der Waals surface area contributed by atoms with Crippen LogP contribution in [0, 0.1) is 6.92 Å². The van der Waals surface area contributed by atoms with Gasteiger partial charge in [-0.1, -0.05) is 54.9 Å². The van der Waals surface area contributed by atoms with E-state index in [1.807, 2.05) is 48.7 Å². The fraction of sp³-hybridized carbons (Fsp3) is 0.111. The highest BCUT2D eigenvalue weighted by molar-refractivity contribution is 6.30. The number of halogens is 1. The normalized spacial score (nSPS) is 12.3. The van der Waals surface area contributed by atoms with Gasteiger partial charge in [-0.15, -0.1) is 0 Å². The molecule has 0 aliphatic rings.